The van der Waals surface area contributed by atoms with Gasteiger partial charge in [0.25, 0.3) is 5.91 Å². The Balaban J connectivity index is 0.000000341. The first kappa shape index (κ1) is 25.2. The molecule has 1 amide bonds. The Morgan fingerprint density at radius 3 is 2.00 bits per heavy atom. The van der Waals surface area contributed by atoms with E-state index in [4.69, 9.17) is 0 Å². The molecule has 2 aromatic carbocycles. The van der Waals surface area contributed by atoms with E-state index in [1.54, 1.807) is 0 Å². The van der Waals surface area contributed by atoms with Crippen molar-refractivity contribution < 1.29 is 42.0 Å². The quantitative estimate of drug-likeness (QED) is 0.535. The van der Waals surface area contributed by atoms with Crippen molar-refractivity contribution in [1.82, 2.24) is 0 Å². The van der Waals surface area contributed by atoms with Gasteiger partial charge in [-0.1, -0.05) is 54.1 Å². The van der Waals surface area contributed by atoms with Crippen LogP contribution in [0.2, 0.25) is 0 Å². The van der Waals surface area contributed by atoms with Gasteiger partial charge in [-0.15, -0.1) is 0 Å². The number of likely N-dealkylation sites (tertiary alicyclic amines) is 1. The number of likely N-dealkylation sites (N-methyl/N-ethyl adjacent to an activating group) is 1. The van der Waals surface area contributed by atoms with Crippen LogP contribution >= 0.6 is 0 Å². The number of quaternary nitrogens is 1. The van der Waals surface area contributed by atoms with Gasteiger partial charge in [-0.3, -0.25) is 4.79 Å². The minimum atomic E-state index is 0. The predicted octanol–water partition coefficient (Wildman–Crippen LogP) is 5.42. The van der Waals surface area contributed by atoms with Crippen LogP contribution in [0.1, 0.15) is 49.3 Å². The normalized spacial score (nSPS) is 20.2. The number of amides is 1. The van der Waals surface area contributed by atoms with Gasteiger partial charge in [0, 0.05) is 64.2 Å². The number of aryl methyl sites for hydroxylation is 3. The fourth-order valence-electron chi connectivity index (χ4n) is 5.17. The van der Waals surface area contributed by atoms with E-state index in [-0.39, 0.29) is 38.8 Å². The molecule has 0 aromatic heterocycles. The number of hydrogen-bond acceptors (Lipinski definition) is 1. The largest absolute Gasteiger partial charge is 0.314 e. The summed E-state index contributed by atoms with van der Waals surface area (Å²) in [6.45, 7) is 12.9. The van der Waals surface area contributed by atoms with Crippen LogP contribution in [0, 0.1) is 20.8 Å². The number of carbonyl (C=O) groups excluding carboxylic acids is 1. The van der Waals surface area contributed by atoms with Crippen LogP contribution in [0.3, 0.4) is 0 Å². The van der Waals surface area contributed by atoms with Crippen LogP contribution in [-0.4, -0.2) is 42.6 Å². The minimum absolute atomic E-state index is 0. The van der Waals surface area contributed by atoms with Crippen LogP contribution in [-0.2, 0) is 37.5 Å². The van der Waals surface area contributed by atoms with Gasteiger partial charge in [0.15, 0.2) is 6.04 Å². The van der Waals surface area contributed by atoms with Crippen molar-refractivity contribution in [2.24, 2.45) is 0 Å². The van der Waals surface area contributed by atoms with E-state index in [1.807, 2.05) is 18.2 Å². The smallest absolute Gasteiger partial charge is 0.285 e. The summed E-state index contributed by atoms with van der Waals surface area (Å²) >= 11 is 0. The molecule has 2 aliphatic heterocycles. The molecule has 0 bridgehead atoms. The summed E-state index contributed by atoms with van der Waals surface area (Å²) in [6, 6.07) is 16.8. The van der Waals surface area contributed by atoms with Crippen LogP contribution in [0.25, 0.3) is 0 Å². The number of nitrogens with zero attached hydrogens (tertiary/aromatic N) is 2. The van der Waals surface area contributed by atoms with E-state index in [1.165, 1.54) is 42.6 Å². The topological polar surface area (TPSA) is 20.3 Å². The maximum Gasteiger partial charge on any atom is 0.285 e. The van der Waals surface area contributed by atoms with E-state index in [0.717, 1.165) is 36.1 Å². The molecule has 2 saturated heterocycles. The summed E-state index contributed by atoms with van der Waals surface area (Å²) in [6.07, 6.45) is 4.75. The third-order valence-electron chi connectivity index (χ3n) is 6.81. The zero-order valence-electron chi connectivity index (χ0n) is 19.2. The number of benzene rings is 2. The molecule has 4 heteroatoms. The van der Waals surface area contributed by atoms with Crippen LogP contribution in [0.15, 0.2) is 48.5 Å². The van der Waals surface area contributed by atoms with Gasteiger partial charge in [-0.05, 0) is 45.2 Å². The molecule has 1 atom stereocenters. The third-order valence-corrected chi connectivity index (χ3v) is 6.81. The number of anilines is 1. The van der Waals surface area contributed by atoms with E-state index >= 15 is 0 Å². The van der Waals surface area contributed by atoms with Gasteiger partial charge < -0.3 is 9.38 Å². The molecule has 1 radical (unpaired) electrons. The molecule has 2 aliphatic rings. The van der Waals surface area contributed by atoms with Crippen molar-refractivity contribution >= 4 is 11.6 Å². The first-order chi connectivity index (χ1) is 14.0. The summed E-state index contributed by atoms with van der Waals surface area (Å²) in [4.78, 5) is 15.4. The molecular weight excluding hydrogens is 445 g/mol. The first-order valence-electron chi connectivity index (χ1n) is 11.2. The summed E-state index contributed by atoms with van der Waals surface area (Å²) in [5.41, 5.74) is 4.92. The second kappa shape index (κ2) is 11.6. The van der Waals surface area contributed by atoms with Gasteiger partial charge in [0.2, 0.25) is 0 Å². The zero-order valence-corrected chi connectivity index (χ0v) is 22.1. The Hall–Kier alpha value is -1.03. The number of carbonyl (C=O) groups is 1. The molecule has 0 aliphatic carbocycles. The Morgan fingerprint density at radius 2 is 1.50 bits per heavy atom. The van der Waals surface area contributed by atoms with Crippen molar-refractivity contribution in [3.8, 4) is 0 Å². The van der Waals surface area contributed by atoms with E-state index in [9.17, 15) is 4.79 Å². The zero-order chi connectivity index (χ0) is 20.9. The second-order valence-corrected chi connectivity index (χ2v) is 8.73. The first-order valence-corrected chi connectivity index (χ1v) is 11.2. The molecule has 0 N–H and O–H groups in total. The van der Waals surface area contributed by atoms with E-state index in [0.29, 0.717) is 5.91 Å². The van der Waals surface area contributed by atoms with Crippen LogP contribution in [0.5, 0.6) is 0 Å². The fraction of sp³-hybridized carbons (Fsp3) is 0.500. The molecular formula is C26H37N2OY+. The maximum absolute atomic E-state index is 13.3. The van der Waals surface area contributed by atoms with Crippen molar-refractivity contribution in [3.05, 3.63) is 65.2 Å². The van der Waals surface area contributed by atoms with Crippen molar-refractivity contribution in [2.45, 2.75) is 59.4 Å². The molecule has 1 unspecified atom stereocenters. The van der Waals surface area contributed by atoms with Gasteiger partial charge in [-0.2, -0.15) is 0 Å². The molecule has 2 aromatic rings. The van der Waals surface area contributed by atoms with Gasteiger partial charge in [0.1, 0.15) is 0 Å². The van der Waals surface area contributed by atoms with Crippen molar-refractivity contribution in [2.75, 3.05) is 31.1 Å². The molecule has 2 heterocycles. The Kier molecular flexibility index (Phi) is 9.72. The average molecular weight is 483 g/mol. The number of para-hydroxylation sites is 1. The van der Waals surface area contributed by atoms with Gasteiger partial charge in [-0.25, -0.2) is 0 Å². The summed E-state index contributed by atoms with van der Waals surface area (Å²) in [5.74, 6) is 0.368. The minimum Gasteiger partial charge on any atom is -0.314 e. The van der Waals surface area contributed by atoms with Gasteiger partial charge in [0.05, 0.1) is 19.6 Å². The van der Waals surface area contributed by atoms with E-state index < -0.39 is 0 Å². The molecule has 3 nitrogen and oxygen atoms in total. The molecule has 0 saturated carbocycles. The predicted molar refractivity (Wildman–Crippen MR) is 122 cm³/mol. The van der Waals surface area contributed by atoms with Crippen LogP contribution < -0.4 is 4.90 Å². The van der Waals surface area contributed by atoms with Crippen molar-refractivity contribution in [1.29, 1.82) is 0 Å². The molecule has 0 spiro atoms. The second-order valence-electron chi connectivity index (χ2n) is 8.73. The molecule has 4 rings (SSSR count). The molecule has 2 fully saturated rings. The fourth-order valence-corrected chi connectivity index (χ4v) is 5.17. The number of hydrogen-bond donors (Lipinski definition) is 0. The average Bonchev–Trinajstić information content (AvgIpc) is 3.20. The monoisotopic (exact) mass is 482 g/mol. The summed E-state index contributed by atoms with van der Waals surface area (Å²) in [7, 11) is 0. The Labute approximate surface area is 208 Å². The molecule has 159 valence electrons. The van der Waals surface area contributed by atoms with Crippen LogP contribution in [0.4, 0.5) is 5.69 Å². The summed E-state index contributed by atoms with van der Waals surface area (Å²) in [5, 5.41) is 0. The third kappa shape index (κ3) is 5.61. The Bertz CT molecular complexity index is 795. The number of rotatable bonds is 3. The van der Waals surface area contributed by atoms with Gasteiger partial charge >= 0.3 is 0 Å². The maximum atomic E-state index is 13.3. The standard InChI is InChI=1S/C19H29N2O.C7H8.Y/c1-4-21(13-5-6-14-21)17-11-8-12-20(19(17)22)18-15(2)9-7-10-16(18)3;1-7-5-3-2-4-6-7;/h7,9-10,17H,4-6,8,11-14H2,1-3H3;2-6H,1H3;/q+1;;. The molecule has 30 heavy (non-hydrogen) atoms. The number of piperidine rings is 1. The van der Waals surface area contributed by atoms with E-state index in [2.05, 4.69) is 62.9 Å². The van der Waals surface area contributed by atoms with Crippen molar-refractivity contribution in [3.63, 3.8) is 0 Å². The SMILES string of the molecule is CC[N+]1(C2CCCN(c3c(C)cccc3C)C2=O)CCCC1.Cc1ccccc1.[Y]. The summed E-state index contributed by atoms with van der Waals surface area (Å²) < 4.78 is 1.03. The Morgan fingerprint density at radius 1 is 0.900 bits per heavy atom.